The maximum absolute atomic E-state index is 13.4. The molecule has 1 aliphatic rings. The van der Waals surface area contributed by atoms with Crippen molar-refractivity contribution in [3.05, 3.63) is 64.0 Å². The molecule has 0 aromatic heterocycles. The van der Waals surface area contributed by atoms with Crippen molar-refractivity contribution >= 4 is 28.9 Å². The van der Waals surface area contributed by atoms with Gasteiger partial charge in [-0.1, -0.05) is 25.0 Å². The standard InChI is InChI=1S/C22H25FN4O4/c23-19-10-7-17(15-20(19)27(30)31)25-22(29)21(28)24-12-11-16-5-8-18(9-6-16)26-13-3-1-2-4-14-26/h5-10,15H,1-4,11-14H2,(H,24,28)(H,25,29). The van der Waals surface area contributed by atoms with Gasteiger partial charge in [0, 0.05) is 37.1 Å². The van der Waals surface area contributed by atoms with Gasteiger partial charge in [-0.3, -0.25) is 19.7 Å². The van der Waals surface area contributed by atoms with Crippen molar-refractivity contribution < 1.29 is 18.9 Å². The van der Waals surface area contributed by atoms with Crippen molar-refractivity contribution in [2.75, 3.05) is 29.9 Å². The summed E-state index contributed by atoms with van der Waals surface area (Å²) in [5.41, 5.74) is 1.43. The van der Waals surface area contributed by atoms with Gasteiger partial charge in [-0.05, 0) is 49.1 Å². The van der Waals surface area contributed by atoms with Gasteiger partial charge in [-0.2, -0.15) is 4.39 Å². The lowest BCUT2D eigenvalue weighted by atomic mass is 10.1. The summed E-state index contributed by atoms with van der Waals surface area (Å²) in [5, 5.41) is 15.5. The molecule has 9 heteroatoms. The van der Waals surface area contributed by atoms with Gasteiger partial charge in [-0.25, -0.2) is 0 Å². The van der Waals surface area contributed by atoms with Gasteiger partial charge in [0.2, 0.25) is 5.82 Å². The SMILES string of the molecule is O=C(NCCc1ccc(N2CCCCCC2)cc1)C(=O)Nc1ccc(F)c([N+](=O)[O-])c1. The molecule has 0 radical (unpaired) electrons. The number of carbonyl (C=O) groups excluding carboxylic acids is 2. The van der Waals surface area contributed by atoms with E-state index in [1.165, 1.54) is 31.4 Å². The molecule has 0 saturated carbocycles. The van der Waals surface area contributed by atoms with Gasteiger partial charge in [0.1, 0.15) is 0 Å². The van der Waals surface area contributed by atoms with Crippen LogP contribution in [0, 0.1) is 15.9 Å². The Kier molecular flexibility index (Phi) is 7.53. The Labute approximate surface area is 179 Å². The molecule has 0 bridgehead atoms. The minimum absolute atomic E-state index is 0.0302. The third kappa shape index (κ3) is 6.24. The number of anilines is 2. The van der Waals surface area contributed by atoms with Crippen LogP contribution in [0.3, 0.4) is 0 Å². The van der Waals surface area contributed by atoms with Gasteiger partial charge in [0.15, 0.2) is 0 Å². The number of hydrogen-bond acceptors (Lipinski definition) is 5. The summed E-state index contributed by atoms with van der Waals surface area (Å²) >= 11 is 0. The number of carbonyl (C=O) groups is 2. The Morgan fingerprint density at radius 2 is 1.68 bits per heavy atom. The molecular weight excluding hydrogens is 403 g/mol. The number of hydrogen-bond donors (Lipinski definition) is 2. The summed E-state index contributed by atoms with van der Waals surface area (Å²) in [5.74, 6) is -2.86. The van der Waals surface area contributed by atoms with Crippen molar-refractivity contribution in [2.24, 2.45) is 0 Å². The van der Waals surface area contributed by atoms with E-state index in [1.807, 2.05) is 12.1 Å². The third-order valence-electron chi connectivity index (χ3n) is 5.21. The summed E-state index contributed by atoms with van der Waals surface area (Å²) in [6, 6.07) is 11.1. The molecule has 3 rings (SSSR count). The molecular formula is C22H25FN4O4. The van der Waals surface area contributed by atoms with Crippen LogP contribution in [0.5, 0.6) is 0 Å². The number of amides is 2. The lowest BCUT2D eigenvalue weighted by Crippen LogP contribution is -2.36. The second kappa shape index (κ2) is 10.5. The first-order valence-electron chi connectivity index (χ1n) is 10.3. The molecule has 0 spiro atoms. The average molecular weight is 428 g/mol. The van der Waals surface area contributed by atoms with Crippen LogP contribution in [-0.2, 0) is 16.0 Å². The average Bonchev–Trinajstić information content (AvgIpc) is 3.05. The first kappa shape index (κ1) is 22.2. The molecule has 164 valence electrons. The second-order valence-electron chi connectivity index (χ2n) is 7.45. The maximum Gasteiger partial charge on any atom is 0.313 e. The molecule has 0 atom stereocenters. The number of nitrogens with zero attached hydrogens (tertiary/aromatic N) is 2. The topological polar surface area (TPSA) is 105 Å². The fraction of sp³-hybridized carbons (Fsp3) is 0.364. The van der Waals surface area contributed by atoms with E-state index in [2.05, 4.69) is 27.7 Å². The molecule has 0 unspecified atom stereocenters. The van der Waals surface area contributed by atoms with E-state index in [4.69, 9.17) is 0 Å². The zero-order chi connectivity index (χ0) is 22.2. The Morgan fingerprint density at radius 1 is 1.00 bits per heavy atom. The molecule has 1 saturated heterocycles. The monoisotopic (exact) mass is 428 g/mol. The van der Waals surface area contributed by atoms with Crippen LogP contribution in [0.4, 0.5) is 21.5 Å². The lowest BCUT2D eigenvalue weighted by Gasteiger charge is -2.22. The summed E-state index contributed by atoms with van der Waals surface area (Å²) in [6.07, 6.45) is 5.53. The van der Waals surface area contributed by atoms with Crippen molar-refractivity contribution in [1.82, 2.24) is 5.32 Å². The smallest absolute Gasteiger partial charge is 0.313 e. The third-order valence-corrected chi connectivity index (χ3v) is 5.21. The van der Waals surface area contributed by atoms with E-state index in [-0.39, 0.29) is 12.2 Å². The normalized spacial score (nSPS) is 13.9. The van der Waals surface area contributed by atoms with E-state index < -0.39 is 28.2 Å². The first-order valence-corrected chi connectivity index (χ1v) is 10.3. The number of nitro benzene ring substituents is 1. The van der Waals surface area contributed by atoms with Crippen molar-refractivity contribution in [2.45, 2.75) is 32.1 Å². The molecule has 1 heterocycles. The highest BCUT2D eigenvalue weighted by Gasteiger charge is 2.18. The van der Waals surface area contributed by atoms with E-state index in [1.54, 1.807) is 0 Å². The molecule has 1 fully saturated rings. The molecule has 2 N–H and O–H groups in total. The molecule has 0 aliphatic carbocycles. The van der Waals surface area contributed by atoms with Crippen LogP contribution in [0.25, 0.3) is 0 Å². The minimum atomic E-state index is -1.02. The van der Waals surface area contributed by atoms with Crippen LogP contribution in [0.2, 0.25) is 0 Å². The first-order chi connectivity index (χ1) is 14.9. The summed E-state index contributed by atoms with van der Waals surface area (Å²) < 4.78 is 13.4. The number of halogens is 1. The predicted molar refractivity (Wildman–Crippen MR) is 116 cm³/mol. The van der Waals surface area contributed by atoms with E-state index in [0.717, 1.165) is 36.9 Å². The Hall–Kier alpha value is -3.49. The lowest BCUT2D eigenvalue weighted by molar-refractivity contribution is -0.387. The fourth-order valence-electron chi connectivity index (χ4n) is 3.52. The maximum atomic E-state index is 13.4. The summed E-state index contributed by atoms with van der Waals surface area (Å²) in [6.45, 7) is 2.41. The van der Waals surface area contributed by atoms with Crippen LogP contribution in [-0.4, -0.2) is 36.4 Å². The Morgan fingerprint density at radius 3 is 2.32 bits per heavy atom. The highest BCUT2D eigenvalue weighted by atomic mass is 19.1. The minimum Gasteiger partial charge on any atom is -0.372 e. The van der Waals surface area contributed by atoms with E-state index in [9.17, 15) is 24.1 Å². The fourth-order valence-corrected chi connectivity index (χ4v) is 3.52. The van der Waals surface area contributed by atoms with Crippen molar-refractivity contribution in [3.63, 3.8) is 0 Å². The molecule has 2 aromatic rings. The van der Waals surface area contributed by atoms with Crippen molar-refractivity contribution in [3.8, 4) is 0 Å². The summed E-state index contributed by atoms with van der Waals surface area (Å²) in [7, 11) is 0. The molecule has 1 aliphatic heterocycles. The zero-order valence-corrected chi connectivity index (χ0v) is 17.1. The second-order valence-corrected chi connectivity index (χ2v) is 7.45. The van der Waals surface area contributed by atoms with Gasteiger partial charge in [0.05, 0.1) is 4.92 Å². The number of rotatable bonds is 6. The molecule has 2 amide bonds. The zero-order valence-electron chi connectivity index (χ0n) is 17.1. The molecule has 2 aromatic carbocycles. The molecule has 31 heavy (non-hydrogen) atoms. The van der Waals surface area contributed by atoms with E-state index >= 15 is 0 Å². The van der Waals surface area contributed by atoms with Gasteiger partial charge >= 0.3 is 17.5 Å². The van der Waals surface area contributed by atoms with Gasteiger partial charge in [0.25, 0.3) is 0 Å². The van der Waals surface area contributed by atoms with Gasteiger partial charge in [-0.15, -0.1) is 0 Å². The van der Waals surface area contributed by atoms with Gasteiger partial charge < -0.3 is 15.5 Å². The van der Waals surface area contributed by atoms with E-state index in [0.29, 0.717) is 6.42 Å². The predicted octanol–water partition coefficient (Wildman–Crippen LogP) is 3.41. The largest absolute Gasteiger partial charge is 0.372 e. The van der Waals surface area contributed by atoms with Crippen LogP contribution in [0.1, 0.15) is 31.2 Å². The number of nitro groups is 1. The molecule has 8 nitrogen and oxygen atoms in total. The number of benzene rings is 2. The van der Waals surface area contributed by atoms with Crippen LogP contribution in [0.15, 0.2) is 42.5 Å². The highest BCUT2D eigenvalue weighted by Crippen LogP contribution is 2.22. The number of nitrogens with one attached hydrogen (secondary N) is 2. The Bertz CT molecular complexity index is 941. The Balaban J connectivity index is 1.46. The van der Waals surface area contributed by atoms with Crippen molar-refractivity contribution in [1.29, 1.82) is 0 Å². The van der Waals surface area contributed by atoms with Crippen LogP contribution >= 0.6 is 0 Å². The highest BCUT2D eigenvalue weighted by molar-refractivity contribution is 6.39. The quantitative estimate of drug-likeness (QED) is 0.417. The summed E-state index contributed by atoms with van der Waals surface area (Å²) in [4.78, 5) is 36.2. The van der Waals surface area contributed by atoms with Crippen LogP contribution < -0.4 is 15.5 Å².